The van der Waals surface area contributed by atoms with Crippen LogP contribution in [0.4, 0.5) is 0 Å². The Morgan fingerprint density at radius 3 is 2.44 bits per heavy atom. The summed E-state index contributed by atoms with van der Waals surface area (Å²) in [6.45, 7) is 6.30. The Labute approximate surface area is 110 Å². The summed E-state index contributed by atoms with van der Waals surface area (Å²) in [5.41, 5.74) is 7.53. The third-order valence-electron chi connectivity index (χ3n) is 3.12. The summed E-state index contributed by atoms with van der Waals surface area (Å²) < 4.78 is 27.1. The van der Waals surface area contributed by atoms with E-state index in [0.29, 0.717) is 17.9 Å². The van der Waals surface area contributed by atoms with Crippen LogP contribution in [-0.4, -0.2) is 21.0 Å². The van der Waals surface area contributed by atoms with Crippen LogP contribution in [0.2, 0.25) is 0 Å². The molecule has 102 valence electrons. The third kappa shape index (κ3) is 3.80. The average Bonchev–Trinajstić information content (AvgIpc) is 2.31. The van der Waals surface area contributed by atoms with Crippen LogP contribution in [0.5, 0.6) is 0 Å². The molecule has 0 aliphatic carbocycles. The molecule has 1 aromatic carbocycles. The molecule has 1 rings (SSSR count). The Bertz CT molecular complexity index is 498. The fraction of sp³-hybridized carbons (Fsp3) is 0.538. The molecule has 0 aromatic heterocycles. The summed E-state index contributed by atoms with van der Waals surface area (Å²) in [4.78, 5) is 0.320. The SMILES string of the molecule is CCC(CCN)NS(=O)(=O)c1ccc(C)c(C)c1. The van der Waals surface area contributed by atoms with E-state index in [1.165, 1.54) is 0 Å². The lowest BCUT2D eigenvalue weighted by atomic mass is 10.1. The van der Waals surface area contributed by atoms with E-state index in [1.54, 1.807) is 12.1 Å². The Balaban J connectivity index is 2.95. The second kappa shape index (κ2) is 6.31. The minimum Gasteiger partial charge on any atom is -0.330 e. The van der Waals surface area contributed by atoms with E-state index in [2.05, 4.69) is 4.72 Å². The van der Waals surface area contributed by atoms with Crippen molar-refractivity contribution in [2.75, 3.05) is 6.54 Å². The molecule has 0 heterocycles. The molecular weight excluding hydrogens is 248 g/mol. The van der Waals surface area contributed by atoms with Crippen molar-refractivity contribution in [3.63, 3.8) is 0 Å². The number of nitrogens with two attached hydrogens (primary N) is 1. The van der Waals surface area contributed by atoms with E-state index >= 15 is 0 Å². The van der Waals surface area contributed by atoms with Crippen molar-refractivity contribution in [3.8, 4) is 0 Å². The first-order chi connectivity index (χ1) is 8.40. The fourth-order valence-corrected chi connectivity index (χ4v) is 3.15. The van der Waals surface area contributed by atoms with Crippen LogP contribution < -0.4 is 10.5 Å². The Kier molecular flexibility index (Phi) is 5.31. The predicted molar refractivity (Wildman–Crippen MR) is 74.0 cm³/mol. The summed E-state index contributed by atoms with van der Waals surface area (Å²) >= 11 is 0. The summed E-state index contributed by atoms with van der Waals surface area (Å²) in [5, 5.41) is 0. The van der Waals surface area contributed by atoms with Gasteiger partial charge in [-0.1, -0.05) is 13.0 Å². The van der Waals surface area contributed by atoms with Gasteiger partial charge in [0.15, 0.2) is 0 Å². The third-order valence-corrected chi connectivity index (χ3v) is 4.64. The van der Waals surface area contributed by atoms with Gasteiger partial charge in [0.05, 0.1) is 4.90 Å². The van der Waals surface area contributed by atoms with Gasteiger partial charge in [-0.3, -0.25) is 0 Å². The van der Waals surface area contributed by atoms with Crippen molar-refractivity contribution in [1.82, 2.24) is 4.72 Å². The van der Waals surface area contributed by atoms with Crippen molar-refractivity contribution in [2.45, 2.75) is 44.6 Å². The van der Waals surface area contributed by atoms with Crippen LogP contribution >= 0.6 is 0 Å². The van der Waals surface area contributed by atoms with Gasteiger partial charge in [-0.25, -0.2) is 13.1 Å². The molecule has 0 saturated carbocycles. The molecule has 4 nitrogen and oxygen atoms in total. The maximum atomic E-state index is 12.2. The first kappa shape index (κ1) is 15.1. The average molecular weight is 270 g/mol. The van der Waals surface area contributed by atoms with E-state index < -0.39 is 10.0 Å². The number of benzene rings is 1. The molecule has 0 saturated heterocycles. The number of sulfonamides is 1. The smallest absolute Gasteiger partial charge is 0.240 e. The molecule has 0 radical (unpaired) electrons. The van der Waals surface area contributed by atoms with Crippen molar-refractivity contribution >= 4 is 10.0 Å². The van der Waals surface area contributed by atoms with Gasteiger partial charge >= 0.3 is 0 Å². The van der Waals surface area contributed by atoms with Gasteiger partial charge in [0, 0.05) is 6.04 Å². The van der Waals surface area contributed by atoms with E-state index in [0.717, 1.165) is 17.5 Å². The molecule has 1 atom stereocenters. The zero-order chi connectivity index (χ0) is 13.8. The maximum absolute atomic E-state index is 12.2. The molecule has 3 N–H and O–H groups in total. The largest absolute Gasteiger partial charge is 0.330 e. The zero-order valence-corrected chi connectivity index (χ0v) is 12.0. The highest BCUT2D eigenvalue weighted by Crippen LogP contribution is 2.15. The van der Waals surface area contributed by atoms with Crippen LogP contribution in [-0.2, 0) is 10.0 Å². The number of rotatable bonds is 6. The van der Waals surface area contributed by atoms with Crippen LogP contribution in [0.1, 0.15) is 30.9 Å². The van der Waals surface area contributed by atoms with Gasteiger partial charge in [-0.15, -0.1) is 0 Å². The van der Waals surface area contributed by atoms with Crippen LogP contribution in [0, 0.1) is 13.8 Å². The standard InChI is InChI=1S/C13H22N2O2S/c1-4-12(7-8-14)15-18(16,17)13-6-5-10(2)11(3)9-13/h5-6,9,12,15H,4,7-8,14H2,1-3H3. The molecule has 0 aliphatic rings. The molecule has 5 heteroatoms. The Hall–Kier alpha value is -0.910. The van der Waals surface area contributed by atoms with Crippen LogP contribution in [0.15, 0.2) is 23.1 Å². The van der Waals surface area contributed by atoms with Gasteiger partial charge < -0.3 is 5.73 Å². The quantitative estimate of drug-likeness (QED) is 0.826. The van der Waals surface area contributed by atoms with Gasteiger partial charge in [0.25, 0.3) is 0 Å². The molecular formula is C13H22N2O2S. The fourth-order valence-electron chi connectivity index (χ4n) is 1.72. The molecule has 0 bridgehead atoms. The first-order valence-corrected chi connectivity index (χ1v) is 7.68. The van der Waals surface area contributed by atoms with Crippen molar-refractivity contribution < 1.29 is 8.42 Å². The summed E-state index contributed by atoms with van der Waals surface area (Å²) in [7, 11) is -3.44. The monoisotopic (exact) mass is 270 g/mol. The lowest BCUT2D eigenvalue weighted by molar-refractivity contribution is 0.521. The maximum Gasteiger partial charge on any atom is 0.240 e. The molecule has 0 fully saturated rings. The van der Waals surface area contributed by atoms with Crippen molar-refractivity contribution in [1.29, 1.82) is 0 Å². The second-order valence-electron chi connectivity index (χ2n) is 4.55. The van der Waals surface area contributed by atoms with Gasteiger partial charge in [-0.2, -0.15) is 0 Å². The minimum atomic E-state index is -3.44. The molecule has 0 spiro atoms. The van der Waals surface area contributed by atoms with Crippen LogP contribution in [0.25, 0.3) is 0 Å². The topological polar surface area (TPSA) is 72.2 Å². The molecule has 1 unspecified atom stereocenters. The second-order valence-corrected chi connectivity index (χ2v) is 6.26. The van der Waals surface area contributed by atoms with E-state index in [9.17, 15) is 8.42 Å². The lowest BCUT2D eigenvalue weighted by Crippen LogP contribution is -2.35. The highest BCUT2D eigenvalue weighted by molar-refractivity contribution is 7.89. The molecule has 0 amide bonds. The van der Waals surface area contributed by atoms with Crippen molar-refractivity contribution in [3.05, 3.63) is 29.3 Å². The van der Waals surface area contributed by atoms with Gasteiger partial charge in [0.1, 0.15) is 0 Å². The van der Waals surface area contributed by atoms with E-state index in [1.807, 2.05) is 26.8 Å². The van der Waals surface area contributed by atoms with E-state index in [-0.39, 0.29) is 6.04 Å². The Morgan fingerprint density at radius 2 is 1.94 bits per heavy atom. The first-order valence-electron chi connectivity index (χ1n) is 6.20. The predicted octanol–water partition coefficient (Wildman–Crippen LogP) is 1.71. The number of hydrogen-bond donors (Lipinski definition) is 2. The van der Waals surface area contributed by atoms with E-state index in [4.69, 9.17) is 5.73 Å². The van der Waals surface area contributed by atoms with Gasteiger partial charge in [0.2, 0.25) is 10.0 Å². The van der Waals surface area contributed by atoms with Crippen LogP contribution in [0.3, 0.4) is 0 Å². The number of aryl methyl sites for hydroxylation is 2. The Morgan fingerprint density at radius 1 is 1.28 bits per heavy atom. The van der Waals surface area contributed by atoms with Crippen molar-refractivity contribution in [2.24, 2.45) is 5.73 Å². The molecule has 18 heavy (non-hydrogen) atoms. The molecule has 0 aliphatic heterocycles. The minimum absolute atomic E-state index is 0.0957. The van der Waals surface area contributed by atoms with Gasteiger partial charge in [-0.05, 0) is 56.5 Å². The molecule has 1 aromatic rings. The normalized spacial score (nSPS) is 13.6. The number of hydrogen-bond acceptors (Lipinski definition) is 3. The number of nitrogens with one attached hydrogen (secondary N) is 1. The zero-order valence-electron chi connectivity index (χ0n) is 11.2. The summed E-state index contributed by atoms with van der Waals surface area (Å²) in [6.07, 6.45) is 1.39. The summed E-state index contributed by atoms with van der Waals surface area (Å²) in [5.74, 6) is 0. The lowest BCUT2D eigenvalue weighted by Gasteiger charge is -2.16. The summed E-state index contributed by atoms with van der Waals surface area (Å²) in [6, 6.07) is 5.07. The highest BCUT2D eigenvalue weighted by Gasteiger charge is 2.18. The highest BCUT2D eigenvalue weighted by atomic mass is 32.2.